The smallest absolute Gasteiger partial charge is 0.432 e. The number of carbonyl (C=O) groups is 1. The van der Waals surface area contributed by atoms with E-state index < -0.39 is 6.09 Å². The Morgan fingerprint density at radius 2 is 1.94 bits per heavy atom. The van der Waals surface area contributed by atoms with Gasteiger partial charge >= 0.3 is 6.09 Å². The predicted octanol–water partition coefficient (Wildman–Crippen LogP) is 2.62. The van der Waals surface area contributed by atoms with E-state index in [2.05, 4.69) is 5.10 Å². The summed E-state index contributed by atoms with van der Waals surface area (Å²) >= 11 is 0. The second kappa shape index (κ2) is 4.41. The van der Waals surface area contributed by atoms with Gasteiger partial charge in [-0.2, -0.15) is 9.78 Å². The molecule has 1 N–H and O–H groups in total. The van der Waals surface area contributed by atoms with Crippen LogP contribution in [0.4, 0.5) is 4.79 Å². The first-order valence-electron chi connectivity index (χ1n) is 5.42. The molecule has 88 valence electrons. The number of aromatic nitrogens is 2. The van der Waals surface area contributed by atoms with Crippen LogP contribution in [0.15, 0.2) is 30.3 Å². The molecule has 0 fully saturated rings. The zero-order chi connectivity index (χ0) is 12.4. The first-order chi connectivity index (χ1) is 8.09. The van der Waals surface area contributed by atoms with E-state index in [-0.39, 0.29) is 0 Å². The molecule has 0 bridgehead atoms. The van der Waals surface area contributed by atoms with Crippen LogP contribution in [-0.2, 0) is 6.42 Å². The van der Waals surface area contributed by atoms with Crippen molar-refractivity contribution in [2.45, 2.75) is 20.3 Å². The van der Waals surface area contributed by atoms with Crippen LogP contribution in [0.1, 0.15) is 22.5 Å². The van der Waals surface area contributed by atoms with Gasteiger partial charge in [-0.25, -0.2) is 4.79 Å². The fraction of sp³-hybridized carbons (Fsp3) is 0.231. The first kappa shape index (κ1) is 11.4. The Morgan fingerprint density at radius 3 is 2.47 bits per heavy atom. The molecule has 0 radical (unpaired) electrons. The first-order valence-corrected chi connectivity index (χ1v) is 5.42. The van der Waals surface area contributed by atoms with E-state index in [9.17, 15) is 4.79 Å². The van der Waals surface area contributed by atoms with E-state index >= 15 is 0 Å². The Morgan fingerprint density at radius 1 is 1.29 bits per heavy atom. The van der Waals surface area contributed by atoms with Gasteiger partial charge in [0.15, 0.2) is 0 Å². The maximum Gasteiger partial charge on any atom is 0.432 e. The summed E-state index contributed by atoms with van der Waals surface area (Å²) in [6.07, 6.45) is -0.323. The Labute approximate surface area is 99.5 Å². The lowest BCUT2D eigenvalue weighted by molar-refractivity contribution is 0.192. The van der Waals surface area contributed by atoms with Gasteiger partial charge in [0.05, 0.1) is 11.4 Å². The largest absolute Gasteiger partial charge is 0.463 e. The summed E-state index contributed by atoms with van der Waals surface area (Å²) in [5.74, 6) is 0. The Bertz CT molecular complexity index is 544. The Kier molecular flexibility index (Phi) is 2.95. The normalized spacial score (nSPS) is 10.5. The van der Waals surface area contributed by atoms with Crippen LogP contribution in [0.25, 0.3) is 0 Å². The summed E-state index contributed by atoms with van der Waals surface area (Å²) in [6, 6.07) is 9.96. The lowest BCUT2D eigenvalue weighted by Gasteiger charge is -2.02. The molecule has 0 aliphatic rings. The summed E-state index contributed by atoms with van der Waals surface area (Å²) in [4.78, 5) is 10.9. The van der Waals surface area contributed by atoms with E-state index in [1.165, 1.54) is 0 Å². The minimum absolute atomic E-state index is 0.693. The number of aryl methyl sites for hydroxylation is 1. The van der Waals surface area contributed by atoms with Crippen LogP contribution in [0.2, 0.25) is 0 Å². The van der Waals surface area contributed by atoms with E-state index in [1.54, 1.807) is 6.92 Å². The fourth-order valence-electron chi connectivity index (χ4n) is 1.92. The number of hydrogen-bond acceptors (Lipinski definition) is 2. The summed E-state index contributed by atoms with van der Waals surface area (Å²) in [6.45, 7) is 3.62. The van der Waals surface area contributed by atoms with Crippen LogP contribution in [0.3, 0.4) is 0 Å². The number of hydrogen-bond donors (Lipinski definition) is 1. The van der Waals surface area contributed by atoms with Crippen molar-refractivity contribution in [1.29, 1.82) is 0 Å². The van der Waals surface area contributed by atoms with Gasteiger partial charge in [0.25, 0.3) is 0 Å². The fourth-order valence-corrected chi connectivity index (χ4v) is 1.92. The molecule has 0 aliphatic carbocycles. The van der Waals surface area contributed by atoms with Gasteiger partial charge in [-0.05, 0) is 19.4 Å². The molecular formula is C13H14N2O2. The minimum atomic E-state index is -1.04. The van der Waals surface area contributed by atoms with Gasteiger partial charge in [-0.1, -0.05) is 30.3 Å². The second-order valence-corrected chi connectivity index (χ2v) is 4.01. The monoisotopic (exact) mass is 230 g/mol. The van der Waals surface area contributed by atoms with Crippen molar-refractivity contribution in [3.8, 4) is 0 Å². The molecule has 1 aromatic carbocycles. The third kappa shape index (κ3) is 2.20. The van der Waals surface area contributed by atoms with Gasteiger partial charge < -0.3 is 5.11 Å². The highest BCUT2D eigenvalue weighted by Gasteiger charge is 2.15. The summed E-state index contributed by atoms with van der Waals surface area (Å²) < 4.78 is 1.04. The molecule has 0 atom stereocenters. The topological polar surface area (TPSA) is 55.1 Å². The van der Waals surface area contributed by atoms with Gasteiger partial charge in [-0.3, -0.25) is 0 Å². The van der Waals surface area contributed by atoms with Gasteiger partial charge in [0.1, 0.15) is 0 Å². The Hall–Kier alpha value is -2.10. The van der Waals surface area contributed by atoms with E-state index in [4.69, 9.17) is 5.11 Å². The molecule has 2 aromatic rings. The van der Waals surface area contributed by atoms with Gasteiger partial charge in [-0.15, -0.1) is 0 Å². The molecule has 0 spiro atoms. The van der Waals surface area contributed by atoms with Crippen LogP contribution >= 0.6 is 0 Å². The molecular weight excluding hydrogens is 216 g/mol. The summed E-state index contributed by atoms with van der Waals surface area (Å²) in [5, 5.41) is 13.0. The predicted molar refractivity (Wildman–Crippen MR) is 64.4 cm³/mol. The molecule has 1 aromatic heterocycles. The number of rotatable bonds is 2. The highest BCUT2D eigenvalue weighted by Crippen LogP contribution is 2.17. The lowest BCUT2D eigenvalue weighted by atomic mass is 10.0. The molecule has 1 heterocycles. The van der Waals surface area contributed by atoms with Crippen LogP contribution in [0.5, 0.6) is 0 Å². The van der Waals surface area contributed by atoms with Crippen molar-refractivity contribution in [3.63, 3.8) is 0 Å². The van der Waals surface area contributed by atoms with Crippen molar-refractivity contribution >= 4 is 6.09 Å². The summed E-state index contributed by atoms with van der Waals surface area (Å²) in [7, 11) is 0. The molecule has 17 heavy (non-hydrogen) atoms. The lowest BCUT2D eigenvalue weighted by Crippen LogP contribution is -2.11. The highest BCUT2D eigenvalue weighted by atomic mass is 16.4. The molecule has 4 heteroatoms. The van der Waals surface area contributed by atoms with Crippen molar-refractivity contribution in [3.05, 3.63) is 52.8 Å². The molecule has 0 saturated carbocycles. The zero-order valence-corrected chi connectivity index (χ0v) is 9.84. The van der Waals surface area contributed by atoms with Crippen LogP contribution in [0, 0.1) is 13.8 Å². The van der Waals surface area contributed by atoms with Gasteiger partial charge in [0, 0.05) is 12.0 Å². The average molecular weight is 230 g/mol. The highest BCUT2D eigenvalue weighted by molar-refractivity contribution is 5.68. The van der Waals surface area contributed by atoms with Crippen molar-refractivity contribution in [2.24, 2.45) is 0 Å². The molecule has 0 amide bonds. The standard InChI is InChI=1S/C13H14N2O2/c1-9-12(8-11-6-4-3-5-7-11)10(2)15(14-9)13(16)17/h3-7H,8H2,1-2H3,(H,16,17). The molecule has 0 aliphatic heterocycles. The van der Waals surface area contributed by atoms with Crippen LogP contribution in [-0.4, -0.2) is 21.0 Å². The summed E-state index contributed by atoms with van der Waals surface area (Å²) in [5.41, 5.74) is 3.61. The minimum Gasteiger partial charge on any atom is -0.463 e. The van der Waals surface area contributed by atoms with E-state index in [0.29, 0.717) is 12.1 Å². The molecule has 4 nitrogen and oxygen atoms in total. The van der Waals surface area contributed by atoms with Crippen molar-refractivity contribution in [1.82, 2.24) is 9.78 Å². The Balaban J connectivity index is 2.37. The van der Waals surface area contributed by atoms with Crippen molar-refractivity contribution < 1.29 is 9.90 Å². The van der Waals surface area contributed by atoms with E-state index in [0.717, 1.165) is 21.5 Å². The molecule has 0 saturated heterocycles. The second-order valence-electron chi connectivity index (χ2n) is 4.01. The SMILES string of the molecule is Cc1nn(C(=O)O)c(C)c1Cc1ccccc1. The maximum atomic E-state index is 10.9. The third-order valence-electron chi connectivity index (χ3n) is 2.85. The average Bonchev–Trinajstić information content (AvgIpc) is 2.58. The third-order valence-corrected chi connectivity index (χ3v) is 2.85. The molecule has 0 unspecified atom stereocenters. The number of nitrogens with zero attached hydrogens (tertiary/aromatic N) is 2. The van der Waals surface area contributed by atoms with Gasteiger partial charge in [0.2, 0.25) is 0 Å². The molecule has 2 rings (SSSR count). The van der Waals surface area contributed by atoms with E-state index in [1.807, 2.05) is 37.3 Å². The quantitative estimate of drug-likeness (QED) is 0.862. The van der Waals surface area contributed by atoms with Crippen LogP contribution < -0.4 is 0 Å². The maximum absolute atomic E-state index is 10.9. The number of carboxylic acid groups (broad SMARTS) is 1. The number of benzene rings is 1. The zero-order valence-electron chi connectivity index (χ0n) is 9.84. The van der Waals surface area contributed by atoms with Crippen molar-refractivity contribution in [2.75, 3.05) is 0 Å².